The van der Waals surface area contributed by atoms with Crippen LogP contribution in [0.25, 0.3) is 0 Å². The fraction of sp³-hybridized carbons (Fsp3) is 0.211. The molecule has 0 atom stereocenters. The fourth-order valence-electron chi connectivity index (χ4n) is 2.61. The summed E-state index contributed by atoms with van der Waals surface area (Å²) in [6.07, 6.45) is 1.43. The summed E-state index contributed by atoms with van der Waals surface area (Å²) in [5.41, 5.74) is 5.23. The van der Waals surface area contributed by atoms with Crippen molar-refractivity contribution in [3.05, 3.63) is 71.0 Å². The number of nitrogens with zero attached hydrogens (tertiary/aromatic N) is 1. The summed E-state index contributed by atoms with van der Waals surface area (Å²) in [7, 11) is 0. The van der Waals surface area contributed by atoms with Crippen LogP contribution in [0.15, 0.2) is 53.6 Å². The molecule has 2 amide bonds. The molecule has 0 saturated heterocycles. The molecule has 2 N–H and O–H groups in total. The van der Waals surface area contributed by atoms with E-state index in [1.807, 2.05) is 12.1 Å². The van der Waals surface area contributed by atoms with Gasteiger partial charge in [0.05, 0.1) is 5.71 Å². The maximum Gasteiger partial charge on any atom is 0.251 e. The first-order chi connectivity index (χ1) is 12.1. The van der Waals surface area contributed by atoms with Gasteiger partial charge in [0.2, 0.25) is 5.91 Å². The Morgan fingerprint density at radius 2 is 1.88 bits per heavy atom. The van der Waals surface area contributed by atoms with E-state index in [-0.39, 0.29) is 17.6 Å². The SMILES string of the molecule is O=C1CCC(c2ccc(C(=O)NCCc3ccccc3F)cc2)=NN1. The molecule has 5 nitrogen and oxygen atoms in total. The van der Waals surface area contributed by atoms with Gasteiger partial charge in [-0.1, -0.05) is 30.3 Å². The van der Waals surface area contributed by atoms with E-state index in [1.54, 1.807) is 30.3 Å². The Labute approximate surface area is 144 Å². The van der Waals surface area contributed by atoms with Crippen LogP contribution >= 0.6 is 0 Å². The molecular formula is C19H18FN3O2. The molecule has 0 radical (unpaired) electrons. The van der Waals surface area contributed by atoms with Crippen LogP contribution in [0.2, 0.25) is 0 Å². The van der Waals surface area contributed by atoms with E-state index in [0.29, 0.717) is 36.9 Å². The fourth-order valence-corrected chi connectivity index (χ4v) is 2.61. The Morgan fingerprint density at radius 1 is 1.12 bits per heavy atom. The van der Waals surface area contributed by atoms with Crippen molar-refractivity contribution in [1.82, 2.24) is 10.7 Å². The van der Waals surface area contributed by atoms with Gasteiger partial charge >= 0.3 is 0 Å². The molecule has 25 heavy (non-hydrogen) atoms. The predicted octanol–water partition coefficient (Wildman–Crippen LogP) is 2.41. The summed E-state index contributed by atoms with van der Waals surface area (Å²) in [5, 5.41) is 6.81. The smallest absolute Gasteiger partial charge is 0.251 e. The summed E-state index contributed by atoms with van der Waals surface area (Å²) in [6.45, 7) is 0.361. The Morgan fingerprint density at radius 3 is 2.56 bits per heavy atom. The monoisotopic (exact) mass is 339 g/mol. The zero-order chi connectivity index (χ0) is 17.6. The number of hydrogen-bond acceptors (Lipinski definition) is 3. The Bertz CT molecular complexity index is 816. The molecule has 0 unspecified atom stereocenters. The van der Waals surface area contributed by atoms with Crippen LogP contribution in [0.1, 0.15) is 34.3 Å². The number of amides is 2. The molecule has 0 bridgehead atoms. The lowest BCUT2D eigenvalue weighted by molar-refractivity contribution is -0.121. The van der Waals surface area contributed by atoms with Crippen molar-refractivity contribution >= 4 is 17.5 Å². The van der Waals surface area contributed by atoms with Crippen LogP contribution in [0, 0.1) is 5.82 Å². The lowest BCUT2D eigenvalue weighted by Crippen LogP contribution is -2.27. The molecule has 1 aliphatic heterocycles. The summed E-state index contributed by atoms with van der Waals surface area (Å²) in [5.74, 6) is -0.558. The zero-order valence-corrected chi connectivity index (χ0v) is 13.6. The highest BCUT2D eigenvalue weighted by atomic mass is 19.1. The highest BCUT2D eigenvalue weighted by molar-refractivity contribution is 6.04. The summed E-state index contributed by atoms with van der Waals surface area (Å²) in [6, 6.07) is 13.6. The van der Waals surface area contributed by atoms with Gasteiger partial charge < -0.3 is 5.32 Å². The first kappa shape index (κ1) is 16.8. The third-order valence-corrected chi connectivity index (χ3v) is 4.02. The van der Waals surface area contributed by atoms with Crippen molar-refractivity contribution in [2.75, 3.05) is 6.54 Å². The largest absolute Gasteiger partial charge is 0.352 e. The number of hydrogen-bond donors (Lipinski definition) is 2. The van der Waals surface area contributed by atoms with E-state index in [2.05, 4.69) is 15.8 Å². The van der Waals surface area contributed by atoms with Crippen LogP contribution in [0.5, 0.6) is 0 Å². The van der Waals surface area contributed by atoms with Gasteiger partial charge in [-0.3, -0.25) is 9.59 Å². The minimum Gasteiger partial charge on any atom is -0.352 e. The number of nitrogens with one attached hydrogen (secondary N) is 2. The van der Waals surface area contributed by atoms with Crippen LogP contribution in [0.3, 0.4) is 0 Å². The van der Waals surface area contributed by atoms with E-state index >= 15 is 0 Å². The average molecular weight is 339 g/mol. The van der Waals surface area contributed by atoms with Crippen molar-refractivity contribution in [2.45, 2.75) is 19.3 Å². The van der Waals surface area contributed by atoms with Crippen LogP contribution in [0.4, 0.5) is 4.39 Å². The van der Waals surface area contributed by atoms with Gasteiger partial charge in [0.1, 0.15) is 5.82 Å². The lowest BCUT2D eigenvalue weighted by Gasteiger charge is -2.12. The lowest BCUT2D eigenvalue weighted by atomic mass is 10.0. The van der Waals surface area contributed by atoms with Gasteiger partial charge in [0.15, 0.2) is 0 Å². The van der Waals surface area contributed by atoms with Gasteiger partial charge in [-0.25, -0.2) is 9.82 Å². The molecule has 6 heteroatoms. The summed E-state index contributed by atoms with van der Waals surface area (Å²) >= 11 is 0. The van der Waals surface area contributed by atoms with E-state index in [4.69, 9.17) is 0 Å². The number of carbonyl (C=O) groups is 2. The van der Waals surface area contributed by atoms with Crippen LogP contribution in [-0.4, -0.2) is 24.1 Å². The van der Waals surface area contributed by atoms with Crippen molar-refractivity contribution in [2.24, 2.45) is 5.10 Å². The van der Waals surface area contributed by atoms with Gasteiger partial charge in [0, 0.05) is 24.9 Å². The molecule has 0 aromatic heterocycles. The zero-order valence-electron chi connectivity index (χ0n) is 13.6. The number of benzene rings is 2. The molecule has 0 fully saturated rings. The van der Waals surface area contributed by atoms with Gasteiger partial charge in [-0.15, -0.1) is 0 Å². The van der Waals surface area contributed by atoms with E-state index < -0.39 is 0 Å². The van der Waals surface area contributed by atoms with Gasteiger partial charge in [-0.05, 0) is 35.7 Å². The predicted molar refractivity (Wildman–Crippen MR) is 92.8 cm³/mol. The van der Waals surface area contributed by atoms with E-state index in [0.717, 1.165) is 11.3 Å². The summed E-state index contributed by atoms with van der Waals surface area (Å²) < 4.78 is 13.5. The third kappa shape index (κ3) is 4.29. The Hall–Kier alpha value is -3.02. The highest BCUT2D eigenvalue weighted by Crippen LogP contribution is 2.12. The van der Waals surface area contributed by atoms with Crippen LogP contribution < -0.4 is 10.7 Å². The first-order valence-corrected chi connectivity index (χ1v) is 8.11. The minimum absolute atomic E-state index is 0.0883. The van der Waals surface area contributed by atoms with Crippen molar-refractivity contribution < 1.29 is 14.0 Å². The number of halogens is 1. The molecule has 0 spiro atoms. The second kappa shape index (κ2) is 7.70. The molecule has 2 aromatic rings. The highest BCUT2D eigenvalue weighted by Gasteiger charge is 2.14. The third-order valence-electron chi connectivity index (χ3n) is 4.02. The molecule has 128 valence electrons. The summed E-state index contributed by atoms with van der Waals surface area (Å²) in [4.78, 5) is 23.3. The average Bonchev–Trinajstić information content (AvgIpc) is 2.64. The molecule has 3 rings (SSSR count). The minimum atomic E-state index is -0.263. The molecule has 0 aliphatic carbocycles. The first-order valence-electron chi connectivity index (χ1n) is 8.11. The number of carbonyl (C=O) groups excluding carboxylic acids is 2. The van der Waals surface area contributed by atoms with E-state index in [1.165, 1.54) is 6.07 Å². The Balaban J connectivity index is 1.56. The van der Waals surface area contributed by atoms with Crippen LogP contribution in [-0.2, 0) is 11.2 Å². The Kier molecular flexibility index (Phi) is 5.18. The number of rotatable bonds is 5. The topological polar surface area (TPSA) is 70.6 Å². The van der Waals surface area contributed by atoms with Gasteiger partial charge in [0.25, 0.3) is 5.91 Å². The maximum atomic E-state index is 13.5. The molecular weight excluding hydrogens is 321 g/mol. The van der Waals surface area contributed by atoms with Crippen molar-refractivity contribution in [3.63, 3.8) is 0 Å². The van der Waals surface area contributed by atoms with Crippen molar-refractivity contribution in [3.8, 4) is 0 Å². The molecule has 0 saturated carbocycles. The molecule has 2 aromatic carbocycles. The van der Waals surface area contributed by atoms with Gasteiger partial charge in [-0.2, -0.15) is 5.10 Å². The normalized spacial score (nSPS) is 13.8. The second-order valence-electron chi connectivity index (χ2n) is 5.77. The van der Waals surface area contributed by atoms with E-state index in [9.17, 15) is 14.0 Å². The van der Waals surface area contributed by atoms with Crippen molar-refractivity contribution in [1.29, 1.82) is 0 Å². The molecule has 1 heterocycles. The quantitative estimate of drug-likeness (QED) is 0.878. The number of hydrazone groups is 1. The standard InChI is InChI=1S/C19H18FN3O2/c20-16-4-2-1-3-13(16)11-12-21-19(25)15-7-5-14(6-8-15)17-9-10-18(24)23-22-17/h1-8H,9-12H2,(H,21,25)(H,23,24). The molecule has 1 aliphatic rings. The second-order valence-corrected chi connectivity index (χ2v) is 5.77. The maximum absolute atomic E-state index is 13.5.